The van der Waals surface area contributed by atoms with Crippen molar-refractivity contribution < 1.29 is 0 Å². The average Bonchev–Trinajstić information content (AvgIpc) is 2.26. The van der Waals surface area contributed by atoms with E-state index in [9.17, 15) is 0 Å². The molecule has 18 heavy (non-hydrogen) atoms. The fourth-order valence-electron chi connectivity index (χ4n) is 1.78. The van der Waals surface area contributed by atoms with Gasteiger partial charge in [-0.25, -0.2) is 0 Å². The van der Waals surface area contributed by atoms with E-state index in [0.29, 0.717) is 26.6 Å². The Morgan fingerprint density at radius 1 is 0.778 bits per heavy atom. The van der Waals surface area contributed by atoms with Gasteiger partial charge >= 0.3 is 0 Å². The Labute approximate surface area is 125 Å². The van der Waals surface area contributed by atoms with E-state index in [-0.39, 0.29) is 0 Å². The van der Waals surface area contributed by atoms with Gasteiger partial charge in [-0.3, -0.25) is 0 Å². The molecule has 94 valence electrons. The van der Waals surface area contributed by atoms with Crippen LogP contribution >= 0.6 is 46.4 Å². The van der Waals surface area contributed by atoms with Gasteiger partial charge in [-0.15, -0.1) is 0 Å². The predicted molar refractivity (Wildman–Crippen MR) is 79.8 cm³/mol. The molecule has 0 saturated heterocycles. The van der Waals surface area contributed by atoms with Crippen LogP contribution in [0.25, 0.3) is 11.1 Å². The highest BCUT2D eigenvalue weighted by atomic mass is 35.5. The molecular formula is C13H9Cl4N. The molecular weight excluding hydrogens is 312 g/mol. The molecule has 0 radical (unpaired) electrons. The lowest BCUT2D eigenvalue weighted by molar-refractivity contribution is 1.07. The number of nitrogens with two attached hydrogens (primary N) is 1. The van der Waals surface area contributed by atoms with Crippen LogP contribution in [0.2, 0.25) is 20.1 Å². The van der Waals surface area contributed by atoms with Crippen LogP contribution < -0.4 is 5.73 Å². The molecule has 2 rings (SSSR count). The van der Waals surface area contributed by atoms with Gasteiger partial charge in [0.25, 0.3) is 0 Å². The minimum absolute atomic E-state index is 0.315. The lowest BCUT2D eigenvalue weighted by atomic mass is 9.99. The summed E-state index contributed by atoms with van der Waals surface area (Å²) < 4.78 is 0. The van der Waals surface area contributed by atoms with Crippen LogP contribution in [0.5, 0.6) is 0 Å². The van der Waals surface area contributed by atoms with Crippen LogP contribution in [0.3, 0.4) is 0 Å². The fourth-order valence-corrected chi connectivity index (χ4v) is 2.87. The summed E-state index contributed by atoms with van der Waals surface area (Å²) >= 11 is 24.1. The second-order valence-electron chi connectivity index (χ2n) is 3.78. The second-order valence-corrected chi connectivity index (χ2v) is 5.49. The van der Waals surface area contributed by atoms with E-state index in [4.69, 9.17) is 52.1 Å². The molecule has 1 nitrogen and oxygen atoms in total. The zero-order chi connectivity index (χ0) is 13.3. The zero-order valence-electron chi connectivity index (χ0n) is 9.18. The lowest BCUT2D eigenvalue weighted by Crippen LogP contribution is -2.00. The number of hydrogen-bond acceptors (Lipinski definition) is 1. The van der Waals surface area contributed by atoms with Crippen molar-refractivity contribution >= 4 is 46.4 Å². The van der Waals surface area contributed by atoms with E-state index in [1.54, 1.807) is 30.3 Å². The van der Waals surface area contributed by atoms with E-state index in [1.807, 2.05) is 0 Å². The maximum atomic E-state index is 6.13. The van der Waals surface area contributed by atoms with Crippen LogP contribution in [-0.2, 0) is 6.54 Å². The number of hydrogen-bond donors (Lipinski definition) is 1. The Kier molecular flexibility index (Phi) is 4.41. The summed E-state index contributed by atoms with van der Waals surface area (Å²) in [5.74, 6) is 0. The van der Waals surface area contributed by atoms with Gasteiger partial charge in [0.2, 0.25) is 0 Å². The molecule has 0 fully saturated rings. The topological polar surface area (TPSA) is 26.0 Å². The van der Waals surface area contributed by atoms with Crippen LogP contribution in [0.1, 0.15) is 5.56 Å². The quantitative estimate of drug-likeness (QED) is 0.784. The standard InChI is InChI=1S/C13H9Cl4N/c14-8-1-7(2-9(15)3-8)11-4-10(16)5-13(17)12(11)6-18/h1-5H,6,18H2. The first-order valence-electron chi connectivity index (χ1n) is 5.15. The molecule has 2 aromatic rings. The monoisotopic (exact) mass is 319 g/mol. The maximum Gasteiger partial charge on any atom is 0.0471 e. The largest absolute Gasteiger partial charge is 0.326 e. The molecule has 0 saturated carbocycles. The maximum absolute atomic E-state index is 6.13. The summed E-state index contributed by atoms with van der Waals surface area (Å²) in [6.45, 7) is 0.315. The molecule has 0 aliphatic carbocycles. The van der Waals surface area contributed by atoms with Gasteiger partial charge in [-0.2, -0.15) is 0 Å². The fraction of sp³-hybridized carbons (Fsp3) is 0.0769. The molecule has 0 spiro atoms. The smallest absolute Gasteiger partial charge is 0.0471 e. The molecule has 0 bridgehead atoms. The third kappa shape index (κ3) is 2.93. The van der Waals surface area contributed by atoms with Crippen molar-refractivity contribution in [3.8, 4) is 11.1 Å². The Morgan fingerprint density at radius 2 is 1.33 bits per heavy atom. The summed E-state index contributed by atoms with van der Waals surface area (Å²) in [6, 6.07) is 8.74. The van der Waals surface area contributed by atoms with Crippen LogP contribution in [0.15, 0.2) is 30.3 Å². The zero-order valence-corrected chi connectivity index (χ0v) is 12.2. The molecule has 5 heteroatoms. The Hall–Kier alpha value is -0.440. The average molecular weight is 321 g/mol. The van der Waals surface area contributed by atoms with E-state index < -0.39 is 0 Å². The Balaban J connectivity index is 2.69. The van der Waals surface area contributed by atoms with E-state index >= 15 is 0 Å². The van der Waals surface area contributed by atoms with Gasteiger partial charge in [0.15, 0.2) is 0 Å². The molecule has 0 heterocycles. The van der Waals surface area contributed by atoms with Crippen molar-refractivity contribution in [1.82, 2.24) is 0 Å². The molecule has 2 aromatic carbocycles. The molecule has 0 unspecified atom stereocenters. The van der Waals surface area contributed by atoms with E-state index in [2.05, 4.69) is 0 Å². The van der Waals surface area contributed by atoms with Crippen LogP contribution in [0.4, 0.5) is 0 Å². The third-order valence-electron chi connectivity index (χ3n) is 2.54. The van der Waals surface area contributed by atoms with Gasteiger partial charge in [-0.05, 0) is 47.0 Å². The lowest BCUT2D eigenvalue weighted by Gasteiger charge is -2.11. The van der Waals surface area contributed by atoms with Crippen molar-refractivity contribution in [2.45, 2.75) is 6.54 Å². The molecule has 2 N–H and O–H groups in total. The highest BCUT2D eigenvalue weighted by molar-refractivity contribution is 6.36. The Morgan fingerprint density at radius 3 is 1.89 bits per heavy atom. The number of halogens is 4. The van der Waals surface area contributed by atoms with Crippen molar-refractivity contribution in [3.05, 3.63) is 56.0 Å². The first-order chi connectivity index (χ1) is 8.51. The molecule has 0 aliphatic rings. The predicted octanol–water partition coefficient (Wildman–Crippen LogP) is 5.43. The highest BCUT2D eigenvalue weighted by Gasteiger charge is 2.11. The van der Waals surface area contributed by atoms with Crippen LogP contribution in [-0.4, -0.2) is 0 Å². The van der Waals surface area contributed by atoms with Crippen molar-refractivity contribution in [1.29, 1.82) is 0 Å². The van der Waals surface area contributed by atoms with E-state index in [0.717, 1.165) is 16.7 Å². The summed E-state index contributed by atoms with van der Waals surface area (Å²) in [7, 11) is 0. The Bertz CT molecular complexity index is 576. The molecule has 0 aliphatic heterocycles. The van der Waals surface area contributed by atoms with Crippen molar-refractivity contribution in [3.63, 3.8) is 0 Å². The van der Waals surface area contributed by atoms with Gasteiger partial charge in [0.1, 0.15) is 0 Å². The minimum Gasteiger partial charge on any atom is -0.326 e. The molecule has 0 atom stereocenters. The first kappa shape index (κ1) is 14.0. The van der Waals surface area contributed by atoms with Crippen LogP contribution in [0, 0.1) is 0 Å². The van der Waals surface area contributed by atoms with Crippen molar-refractivity contribution in [2.24, 2.45) is 5.73 Å². The third-order valence-corrected chi connectivity index (χ3v) is 3.53. The van der Waals surface area contributed by atoms with Gasteiger partial charge in [0.05, 0.1) is 0 Å². The summed E-state index contributed by atoms with van der Waals surface area (Å²) in [4.78, 5) is 0. The van der Waals surface area contributed by atoms with Gasteiger partial charge < -0.3 is 5.73 Å². The van der Waals surface area contributed by atoms with Gasteiger partial charge in [-0.1, -0.05) is 46.4 Å². The van der Waals surface area contributed by atoms with Crippen molar-refractivity contribution in [2.75, 3.05) is 0 Å². The SMILES string of the molecule is NCc1c(Cl)cc(Cl)cc1-c1cc(Cl)cc(Cl)c1. The molecule has 0 aromatic heterocycles. The van der Waals surface area contributed by atoms with E-state index in [1.165, 1.54) is 0 Å². The number of rotatable bonds is 2. The molecule has 0 amide bonds. The minimum atomic E-state index is 0.315. The van der Waals surface area contributed by atoms with Gasteiger partial charge in [0, 0.05) is 26.6 Å². The normalized spacial score (nSPS) is 10.7. The summed E-state index contributed by atoms with van der Waals surface area (Å²) in [6.07, 6.45) is 0. The first-order valence-corrected chi connectivity index (χ1v) is 6.67. The number of benzene rings is 2. The summed E-state index contributed by atoms with van der Waals surface area (Å²) in [5, 5.41) is 2.19. The second kappa shape index (κ2) is 5.68. The highest BCUT2D eigenvalue weighted by Crippen LogP contribution is 2.35. The summed E-state index contributed by atoms with van der Waals surface area (Å²) in [5.41, 5.74) is 8.23.